The normalized spacial score (nSPS) is 11.0. The van der Waals surface area contributed by atoms with Gasteiger partial charge in [-0.25, -0.2) is 0 Å². The minimum absolute atomic E-state index is 0.819. The van der Waals surface area contributed by atoms with Gasteiger partial charge in [-0.1, -0.05) is 6.92 Å². The summed E-state index contributed by atoms with van der Waals surface area (Å²) in [5.41, 5.74) is 10.2. The highest BCUT2D eigenvalue weighted by Gasteiger charge is 2.14. The van der Waals surface area contributed by atoms with Crippen molar-refractivity contribution in [1.29, 1.82) is 0 Å². The van der Waals surface area contributed by atoms with E-state index in [1.807, 2.05) is 23.9 Å². The van der Waals surface area contributed by atoms with Gasteiger partial charge in [0.1, 0.15) is 0 Å². The van der Waals surface area contributed by atoms with Crippen LogP contribution in [0.2, 0.25) is 0 Å². The first-order chi connectivity index (χ1) is 9.56. The zero-order chi connectivity index (χ0) is 14.7. The number of hydrogen-bond acceptors (Lipinski definition) is 3. The van der Waals surface area contributed by atoms with Crippen LogP contribution < -0.4 is 5.73 Å². The molecule has 1 aromatic carbocycles. The maximum absolute atomic E-state index is 5.80. The van der Waals surface area contributed by atoms with E-state index in [1.54, 1.807) is 0 Å². The summed E-state index contributed by atoms with van der Waals surface area (Å²) in [6.07, 6.45) is 0.951. The molecule has 3 nitrogen and oxygen atoms in total. The van der Waals surface area contributed by atoms with E-state index in [1.165, 1.54) is 16.2 Å². The molecule has 5 heteroatoms. The Bertz CT molecular complexity index is 607. The lowest BCUT2D eigenvalue weighted by atomic mass is 10.2. The van der Waals surface area contributed by atoms with Gasteiger partial charge in [-0.05, 0) is 60.0 Å². The molecule has 0 radical (unpaired) electrons. The molecule has 0 aliphatic heterocycles. The van der Waals surface area contributed by atoms with Crippen molar-refractivity contribution < 1.29 is 0 Å². The molecule has 2 aromatic rings. The van der Waals surface area contributed by atoms with Crippen LogP contribution in [0.4, 0.5) is 5.69 Å². The Labute approximate surface area is 133 Å². The van der Waals surface area contributed by atoms with Gasteiger partial charge >= 0.3 is 0 Å². The molecule has 0 spiro atoms. The molecule has 0 fully saturated rings. The van der Waals surface area contributed by atoms with Gasteiger partial charge in [-0.2, -0.15) is 5.10 Å². The number of rotatable bonds is 5. The summed E-state index contributed by atoms with van der Waals surface area (Å²) < 4.78 is 3.24. The molecule has 108 valence electrons. The minimum Gasteiger partial charge on any atom is -0.399 e. The van der Waals surface area contributed by atoms with E-state index in [0.717, 1.165) is 34.6 Å². The molecule has 0 aliphatic carbocycles. The summed E-state index contributed by atoms with van der Waals surface area (Å²) in [4.78, 5) is 1.27. The fraction of sp³-hybridized carbons (Fsp3) is 0.400. The third kappa shape index (κ3) is 3.20. The standard InChI is InChI=1S/C15H20BrN3S/c1-4-12-15(16)13(19(5-2)18-12)9-20-14-7-6-11(17)8-10(14)3/h6-8H,4-5,9,17H2,1-3H3. The van der Waals surface area contributed by atoms with E-state index in [4.69, 9.17) is 5.73 Å². The fourth-order valence-electron chi connectivity index (χ4n) is 2.14. The van der Waals surface area contributed by atoms with E-state index >= 15 is 0 Å². The third-order valence-corrected chi connectivity index (χ3v) is 5.36. The second-order valence-corrected chi connectivity index (χ2v) is 6.50. The van der Waals surface area contributed by atoms with Crippen molar-refractivity contribution in [2.45, 2.75) is 44.4 Å². The van der Waals surface area contributed by atoms with Crippen LogP contribution in [0.15, 0.2) is 27.6 Å². The zero-order valence-electron chi connectivity index (χ0n) is 12.1. The van der Waals surface area contributed by atoms with Crippen LogP contribution in [0.5, 0.6) is 0 Å². The van der Waals surface area contributed by atoms with Crippen LogP contribution >= 0.6 is 27.7 Å². The Morgan fingerprint density at radius 1 is 1.35 bits per heavy atom. The van der Waals surface area contributed by atoms with Gasteiger partial charge in [0.2, 0.25) is 0 Å². The summed E-state index contributed by atoms with van der Waals surface area (Å²) in [5, 5.41) is 4.63. The fourth-order valence-corrected chi connectivity index (χ4v) is 4.06. The number of nitrogens with zero attached hydrogens (tertiary/aromatic N) is 2. The topological polar surface area (TPSA) is 43.8 Å². The average molecular weight is 354 g/mol. The quantitative estimate of drug-likeness (QED) is 0.639. The Morgan fingerprint density at radius 2 is 2.10 bits per heavy atom. The Kier molecular flexibility index (Phi) is 5.16. The molecule has 0 saturated carbocycles. The summed E-state index contributed by atoms with van der Waals surface area (Å²) >= 11 is 5.52. The van der Waals surface area contributed by atoms with E-state index < -0.39 is 0 Å². The van der Waals surface area contributed by atoms with Crippen molar-refractivity contribution in [2.75, 3.05) is 5.73 Å². The number of halogens is 1. The van der Waals surface area contributed by atoms with Gasteiger partial charge < -0.3 is 5.73 Å². The predicted octanol–water partition coefficient (Wildman–Crippen LogP) is 4.41. The molecule has 0 aliphatic rings. The maximum atomic E-state index is 5.80. The lowest BCUT2D eigenvalue weighted by molar-refractivity contribution is 0.627. The van der Waals surface area contributed by atoms with Crippen LogP contribution in [0.25, 0.3) is 0 Å². The molecule has 2 N–H and O–H groups in total. The summed E-state index contributed by atoms with van der Waals surface area (Å²) in [6.45, 7) is 7.26. The Morgan fingerprint density at radius 3 is 2.70 bits per heavy atom. The van der Waals surface area contributed by atoms with Crippen molar-refractivity contribution in [2.24, 2.45) is 0 Å². The number of aromatic nitrogens is 2. The first-order valence-electron chi connectivity index (χ1n) is 6.79. The SMILES string of the molecule is CCc1nn(CC)c(CSc2ccc(N)cc2C)c1Br. The monoisotopic (exact) mass is 353 g/mol. The third-order valence-electron chi connectivity index (χ3n) is 3.26. The second kappa shape index (κ2) is 6.68. The highest BCUT2D eigenvalue weighted by molar-refractivity contribution is 9.10. The zero-order valence-corrected chi connectivity index (χ0v) is 14.5. The molecule has 2 rings (SSSR count). The van der Waals surface area contributed by atoms with Crippen LogP contribution in [0.1, 0.15) is 30.8 Å². The van der Waals surface area contributed by atoms with E-state index in [0.29, 0.717) is 0 Å². The molecule has 0 saturated heterocycles. The number of nitrogen functional groups attached to an aromatic ring is 1. The predicted molar refractivity (Wildman–Crippen MR) is 90.1 cm³/mol. The Balaban J connectivity index is 2.20. The molecule has 1 heterocycles. The summed E-state index contributed by atoms with van der Waals surface area (Å²) in [5.74, 6) is 0.909. The minimum atomic E-state index is 0.819. The number of anilines is 1. The smallest absolute Gasteiger partial charge is 0.0767 e. The highest BCUT2D eigenvalue weighted by Crippen LogP contribution is 2.31. The van der Waals surface area contributed by atoms with Gasteiger partial charge in [-0.3, -0.25) is 4.68 Å². The van der Waals surface area contributed by atoms with Gasteiger partial charge in [0.05, 0.1) is 15.9 Å². The van der Waals surface area contributed by atoms with Crippen molar-refractivity contribution >= 4 is 33.4 Å². The molecular weight excluding hydrogens is 334 g/mol. The van der Waals surface area contributed by atoms with Crippen molar-refractivity contribution in [1.82, 2.24) is 9.78 Å². The van der Waals surface area contributed by atoms with E-state index in [2.05, 4.69) is 52.5 Å². The molecule has 0 unspecified atom stereocenters. The van der Waals surface area contributed by atoms with Gasteiger partial charge in [0.15, 0.2) is 0 Å². The first-order valence-corrected chi connectivity index (χ1v) is 8.57. The van der Waals surface area contributed by atoms with Crippen molar-refractivity contribution in [3.05, 3.63) is 39.6 Å². The number of benzene rings is 1. The van der Waals surface area contributed by atoms with Gasteiger partial charge in [0, 0.05) is 22.9 Å². The molecular formula is C15H20BrN3S. The molecule has 20 heavy (non-hydrogen) atoms. The number of nitrogens with two attached hydrogens (primary N) is 1. The van der Waals surface area contributed by atoms with Crippen LogP contribution in [-0.2, 0) is 18.7 Å². The second-order valence-electron chi connectivity index (χ2n) is 4.69. The van der Waals surface area contributed by atoms with E-state index in [-0.39, 0.29) is 0 Å². The van der Waals surface area contributed by atoms with E-state index in [9.17, 15) is 0 Å². The van der Waals surface area contributed by atoms with Gasteiger partial charge in [-0.15, -0.1) is 11.8 Å². The lowest BCUT2D eigenvalue weighted by Gasteiger charge is -2.08. The van der Waals surface area contributed by atoms with Crippen LogP contribution in [0.3, 0.4) is 0 Å². The highest BCUT2D eigenvalue weighted by atomic mass is 79.9. The number of aryl methyl sites for hydroxylation is 3. The van der Waals surface area contributed by atoms with Crippen LogP contribution in [-0.4, -0.2) is 9.78 Å². The molecule has 1 aromatic heterocycles. The largest absolute Gasteiger partial charge is 0.399 e. The van der Waals surface area contributed by atoms with Crippen LogP contribution in [0, 0.1) is 6.92 Å². The first kappa shape index (κ1) is 15.4. The average Bonchev–Trinajstić information content (AvgIpc) is 2.74. The van der Waals surface area contributed by atoms with Gasteiger partial charge in [0.25, 0.3) is 0 Å². The molecule has 0 amide bonds. The summed E-state index contributed by atoms with van der Waals surface area (Å²) in [6, 6.07) is 6.07. The lowest BCUT2D eigenvalue weighted by Crippen LogP contribution is -2.02. The van der Waals surface area contributed by atoms with Crippen molar-refractivity contribution in [3.8, 4) is 0 Å². The molecule has 0 bridgehead atoms. The number of hydrogen-bond donors (Lipinski definition) is 1. The number of thioether (sulfide) groups is 1. The molecule has 0 atom stereocenters. The summed E-state index contributed by atoms with van der Waals surface area (Å²) in [7, 11) is 0. The maximum Gasteiger partial charge on any atom is 0.0767 e. The van der Waals surface area contributed by atoms with Crippen molar-refractivity contribution in [3.63, 3.8) is 0 Å². The Hall–Kier alpha value is -0.940.